The lowest BCUT2D eigenvalue weighted by Gasteiger charge is -2.10. The maximum Gasteiger partial charge on any atom is 0.182 e. The third-order valence-electron chi connectivity index (χ3n) is 2.67. The topological polar surface area (TPSA) is 46.2 Å². The summed E-state index contributed by atoms with van der Waals surface area (Å²) in [6.07, 6.45) is 0.501. The first-order chi connectivity index (χ1) is 7.51. The molecule has 1 fully saturated rings. The van der Waals surface area contributed by atoms with Gasteiger partial charge in [-0.1, -0.05) is 0 Å². The van der Waals surface area contributed by atoms with E-state index < -0.39 is 26.7 Å². The van der Waals surface area contributed by atoms with Gasteiger partial charge in [0.2, 0.25) is 0 Å². The summed E-state index contributed by atoms with van der Waals surface area (Å²) in [4.78, 5) is -0.153. The van der Waals surface area contributed by atoms with Gasteiger partial charge in [-0.25, -0.2) is 17.2 Å². The molecule has 1 heterocycles. The van der Waals surface area contributed by atoms with E-state index in [0.717, 1.165) is 18.2 Å². The van der Waals surface area contributed by atoms with Crippen molar-refractivity contribution in [3.63, 3.8) is 0 Å². The van der Waals surface area contributed by atoms with Crippen LogP contribution in [0.1, 0.15) is 6.42 Å². The normalized spacial score (nSPS) is 21.2. The van der Waals surface area contributed by atoms with Crippen molar-refractivity contribution in [3.8, 4) is 0 Å². The molecule has 1 saturated heterocycles. The summed E-state index contributed by atoms with van der Waals surface area (Å²) in [6.45, 7) is 0.995. The van der Waals surface area contributed by atoms with Crippen molar-refractivity contribution in [3.05, 3.63) is 29.8 Å². The number of hydrogen-bond donors (Lipinski definition) is 1. The fourth-order valence-corrected chi connectivity index (χ4v) is 3.42. The van der Waals surface area contributed by atoms with E-state index in [1.165, 1.54) is 0 Å². The van der Waals surface area contributed by atoms with Gasteiger partial charge in [-0.2, -0.15) is 0 Å². The van der Waals surface area contributed by atoms with Crippen LogP contribution in [0.25, 0.3) is 0 Å². The molecule has 0 saturated carbocycles. The Balaban J connectivity index is 2.39. The first-order valence-electron chi connectivity index (χ1n) is 4.91. The predicted octanol–water partition coefficient (Wildman–Crippen LogP) is 1.10. The largest absolute Gasteiger partial charge is 0.315 e. The number of nitrogens with one attached hydrogen (secondary N) is 1. The van der Waals surface area contributed by atoms with Gasteiger partial charge >= 0.3 is 0 Å². The van der Waals surface area contributed by atoms with E-state index in [1.807, 2.05) is 0 Å². The van der Waals surface area contributed by atoms with Crippen molar-refractivity contribution in [2.75, 3.05) is 13.1 Å². The molecule has 3 nitrogen and oxygen atoms in total. The SMILES string of the molecule is O=S(=O)(c1ccc(F)c(F)c1)C1CCNC1. The Morgan fingerprint density at radius 3 is 2.56 bits per heavy atom. The highest BCUT2D eigenvalue weighted by Gasteiger charge is 2.30. The van der Waals surface area contributed by atoms with Crippen molar-refractivity contribution < 1.29 is 17.2 Å². The molecule has 0 spiro atoms. The Morgan fingerprint density at radius 1 is 1.25 bits per heavy atom. The number of hydrogen-bond acceptors (Lipinski definition) is 3. The summed E-state index contributed by atoms with van der Waals surface area (Å²) in [5, 5.41) is 2.38. The minimum absolute atomic E-state index is 0.153. The standard InChI is InChI=1S/C10H11F2NO2S/c11-9-2-1-7(5-10(9)12)16(14,15)8-3-4-13-6-8/h1-2,5,8,13H,3-4,6H2. The Morgan fingerprint density at radius 2 is 2.00 bits per heavy atom. The number of halogens is 2. The minimum atomic E-state index is -3.55. The van der Waals surface area contributed by atoms with Gasteiger partial charge in [0.05, 0.1) is 10.1 Å². The van der Waals surface area contributed by atoms with Crippen molar-refractivity contribution in [1.82, 2.24) is 5.32 Å². The number of sulfone groups is 1. The second-order valence-corrected chi connectivity index (χ2v) is 5.96. The highest BCUT2D eigenvalue weighted by atomic mass is 32.2. The third kappa shape index (κ3) is 1.94. The molecular formula is C10H11F2NO2S. The third-order valence-corrected chi connectivity index (χ3v) is 4.86. The van der Waals surface area contributed by atoms with E-state index in [9.17, 15) is 17.2 Å². The lowest BCUT2D eigenvalue weighted by molar-refractivity contribution is 0.504. The van der Waals surface area contributed by atoms with Crippen LogP contribution in [-0.2, 0) is 9.84 Å². The molecule has 1 N–H and O–H groups in total. The lowest BCUT2D eigenvalue weighted by Crippen LogP contribution is -2.24. The molecular weight excluding hydrogens is 236 g/mol. The fourth-order valence-electron chi connectivity index (χ4n) is 1.74. The second-order valence-electron chi connectivity index (χ2n) is 3.74. The summed E-state index contributed by atoms with van der Waals surface area (Å²) >= 11 is 0. The monoisotopic (exact) mass is 247 g/mol. The molecule has 1 aliphatic heterocycles. The quantitative estimate of drug-likeness (QED) is 0.796. The van der Waals surface area contributed by atoms with Crippen LogP contribution in [-0.4, -0.2) is 26.8 Å². The zero-order valence-electron chi connectivity index (χ0n) is 8.41. The molecule has 16 heavy (non-hydrogen) atoms. The van der Waals surface area contributed by atoms with Crippen LogP contribution in [0.3, 0.4) is 0 Å². The van der Waals surface area contributed by atoms with Crippen LogP contribution in [0, 0.1) is 11.6 Å². The fraction of sp³-hybridized carbons (Fsp3) is 0.400. The highest BCUT2D eigenvalue weighted by molar-refractivity contribution is 7.92. The summed E-state index contributed by atoms with van der Waals surface area (Å²) in [7, 11) is -3.55. The van der Waals surface area contributed by atoms with E-state index >= 15 is 0 Å². The maximum absolute atomic E-state index is 12.9. The summed E-state index contributed by atoms with van der Waals surface area (Å²) in [5.74, 6) is -2.17. The first-order valence-corrected chi connectivity index (χ1v) is 6.46. The Bertz CT molecular complexity index is 496. The van der Waals surface area contributed by atoms with E-state index in [0.29, 0.717) is 19.5 Å². The molecule has 0 aromatic heterocycles. The van der Waals surface area contributed by atoms with E-state index in [4.69, 9.17) is 0 Å². The average molecular weight is 247 g/mol. The second kappa shape index (κ2) is 4.10. The van der Waals surface area contributed by atoms with Crippen LogP contribution in [0.2, 0.25) is 0 Å². The molecule has 2 rings (SSSR count). The van der Waals surface area contributed by atoms with Crippen molar-refractivity contribution in [2.45, 2.75) is 16.6 Å². The van der Waals surface area contributed by atoms with Crippen LogP contribution in [0.4, 0.5) is 8.78 Å². The van der Waals surface area contributed by atoms with Gasteiger partial charge in [-0.3, -0.25) is 0 Å². The summed E-state index contributed by atoms with van der Waals surface area (Å²) in [5.41, 5.74) is 0. The molecule has 6 heteroatoms. The van der Waals surface area contributed by atoms with Gasteiger partial charge in [0, 0.05) is 6.54 Å². The molecule has 1 unspecified atom stereocenters. The molecule has 0 bridgehead atoms. The predicted molar refractivity (Wildman–Crippen MR) is 54.8 cm³/mol. The van der Waals surface area contributed by atoms with Crippen LogP contribution < -0.4 is 5.32 Å². The number of benzene rings is 1. The highest BCUT2D eigenvalue weighted by Crippen LogP contribution is 2.21. The molecule has 1 aromatic carbocycles. The first kappa shape index (κ1) is 11.5. The molecule has 0 amide bonds. The lowest BCUT2D eigenvalue weighted by atomic mass is 10.3. The van der Waals surface area contributed by atoms with Gasteiger partial charge in [-0.05, 0) is 31.2 Å². The zero-order valence-corrected chi connectivity index (χ0v) is 9.23. The summed E-state index contributed by atoms with van der Waals surface area (Å²) in [6, 6.07) is 2.68. The van der Waals surface area contributed by atoms with Gasteiger partial charge < -0.3 is 5.32 Å². The van der Waals surface area contributed by atoms with Crippen molar-refractivity contribution in [1.29, 1.82) is 0 Å². The molecule has 1 aromatic rings. The Labute approximate surface area is 92.4 Å². The molecule has 0 radical (unpaired) electrons. The molecule has 88 valence electrons. The van der Waals surface area contributed by atoms with Crippen molar-refractivity contribution >= 4 is 9.84 Å². The Hall–Kier alpha value is -1.01. The molecule has 1 aliphatic rings. The van der Waals surface area contributed by atoms with E-state index in [-0.39, 0.29) is 4.90 Å². The van der Waals surface area contributed by atoms with E-state index in [2.05, 4.69) is 5.32 Å². The molecule has 1 atom stereocenters. The van der Waals surface area contributed by atoms with Gasteiger partial charge in [0.1, 0.15) is 0 Å². The van der Waals surface area contributed by atoms with Crippen LogP contribution in [0.15, 0.2) is 23.1 Å². The van der Waals surface area contributed by atoms with Gasteiger partial charge in [0.25, 0.3) is 0 Å². The van der Waals surface area contributed by atoms with Gasteiger partial charge in [0.15, 0.2) is 21.5 Å². The smallest absolute Gasteiger partial charge is 0.182 e. The number of rotatable bonds is 2. The van der Waals surface area contributed by atoms with Gasteiger partial charge in [-0.15, -0.1) is 0 Å². The van der Waals surface area contributed by atoms with Crippen LogP contribution >= 0.6 is 0 Å². The zero-order chi connectivity index (χ0) is 11.8. The van der Waals surface area contributed by atoms with Crippen LogP contribution in [0.5, 0.6) is 0 Å². The van der Waals surface area contributed by atoms with E-state index in [1.54, 1.807) is 0 Å². The molecule has 0 aliphatic carbocycles. The Kier molecular flexibility index (Phi) is 2.94. The summed E-state index contributed by atoms with van der Waals surface area (Å²) < 4.78 is 49.6. The minimum Gasteiger partial charge on any atom is -0.315 e. The average Bonchev–Trinajstić information content (AvgIpc) is 2.75. The maximum atomic E-state index is 12.9. The van der Waals surface area contributed by atoms with Crippen molar-refractivity contribution in [2.24, 2.45) is 0 Å².